The molecule has 0 aliphatic heterocycles. The standard InChI is InChI=1S/C15H17N5S4/c1-2-21-14-19-20-15(24-14)22-7-10-17-12(16)11-8-5-3-4-6-9(8)23-13(11)18-10/h2-7H2,1H3,(H2,16,17,18). The quantitative estimate of drug-likeness (QED) is 0.641. The summed E-state index contributed by atoms with van der Waals surface area (Å²) in [4.78, 5) is 11.8. The second kappa shape index (κ2) is 7.15. The van der Waals surface area contributed by atoms with E-state index < -0.39 is 0 Å². The van der Waals surface area contributed by atoms with Crippen LogP contribution in [0.1, 0.15) is 36.0 Å². The number of aryl methyl sites for hydroxylation is 2. The highest BCUT2D eigenvalue weighted by Gasteiger charge is 2.20. The third kappa shape index (κ3) is 3.26. The molecule has 24 heavy (non-hydrogen) atoms. The van der Waals surface area contributed by atoms with Gasteiger partial charge in [-0.25, -0.2) is 9.97 Å². The van der Waals surface area contributed by atoms with Crippen molar-refractivity contribution in [2.45, 2.75) is 47.0 Å². The molecule has 2 N–H and O–H groups in total. The van der Waals surface area contributed by atoms with Gasteiger partial charge in [0.25, 0.3) is 0 Å². The molecule has 0 atom stereocenters. The molecule has 3 aromatic heterocycles. The van der Waals surface area contributed by atoms with Crippen molar-refractivity contribution in [3.63, 3.8) is 0 Å². The first-order chi connectivity index (χ1) is 11.7. The van der Waals surface area contributed by atoms with Gasteiger partial charge >= 0.3 is 0 Å². The number of hydrogen-bond donors (Lipinski definition) is 1. The number of anilines is 1. The van der Waals surface area contributed by atoms with Crippen LogP contribution < -0.4 is 5.73 Å². The van der Waals surface area contributed by atoms with Crippen molar-refractivity contribution >= 4 is 62.2 Å². The Hall–Kier alpha value is -0.900. The van der Waals surface area contributed by atoms with Crippen molar-refractivity contribution in [3.8, 4) is 0 Å². The van der Waals surface area contributed by atoms with Crippen LogP contribution in [0, 0.1) is 0 Å². The molecular weight excluding hydrogens is 378 g/mol. The summed E-state index contributed by atoms with van der Waals surface area (Å²) in [5.74, 6) is 3.10. The lowest BCUT2D eigenvalue weighted by molar-refractivity contribution is 0.700. The Morgan fingerprint density at radius 1 is 1.04 bits per heavy atom. The minimum atomic E-state index is 0.634. The summed E-state index contributed by atoms with van der Waals surface area (Å²) in [5, 5.41) is 9.49. The van der Waals surface area contributed by atoms with Crippen LogP contribution in [0.5, 0.6) is 0 Å². The fourth-order valence-corrected chi connectivity index (χ4v) is 6.92. The zero-order chi connectivity index (χ0) is 16.5. The molecule has 4 rings (SSSR count). The number of thiophene rings is 1. The number of aromatic nitrogens is 4. The molecule has 3 heterocycles. The summed E-state index contributed by atoms with van der Waals surface area (Å²) in [6.45, 7) is 2.12. The van der Waals surface area contributed by atoms with Crippen molar-refractivity contribution < 1.29 is 0 Å². The molecule has 0 bridgehead atoms. The number of nitrogen functional groups attached to an aromatic ring is 1. The van der Waals surface area contributed by atoms with Gasteiger partial charge in [0, 0.05) is 4.88 Å². The summed E-state index contributed by atoms with van der Waals surface area (Å²) in [6.07, 6.45) is 4.78. The molecule has 126 valence electrons. The predicted molar refractivity (Wildman–Crippen MR) is 104 cm³/mol. The molecule has 0 amide bonds. The third-order valence-electron chi connectivity index (χ3n) is 3.87. The third-order valence-corrected chi connectivity index (χ3v) is 8.12. The normalized spacial score (nSPS) is 14.2. The van der Waals surface area contributed by atoms with Crippen LogP contribution >= 0.6 is 46.2 Å². The number of hydrogen-bond acceptors (Lipinski definition) is 9. The average molecular weight is 396 g/mol. The summed E-state index contributed by atoms with van der Waals surface area (Å²) >= 11 is 6.76. The first kappa shape index (κ1) is 16.6. The second-order valence-electron chi connectivity index (χ2n) is 5.47. The molecule has 5 nitrogen and oxygen atoms in total. The Balaban J connectivity index is 1.56. The maximum absolute atomic E-state index is 6.26. The van der Waals surface area contributed by atoms with E-state index in [1.807, 2.05) is 0 Å². The maximum atomic E-state index is 6.26. The van der Waals surface area contributed by atoms with Gasteiger partial charge in [0.2, 0.25) is 0 Å². The van der Waals surface area contributed by atoms with E-state index in [9.17, 15) is 0 Å². The van der Waals surface area contributed by atoms with Crippen molar-refractivity contribution in [2.24, 2.45) is 0 Å². The molecule has 0 saturated heterocycles. The van der Waals surface area contributed by atoms with Gasteiger partial charge in [-0.2, -0.15) is 0 Å². The van der Waals surface area contributed by atoms with Gasteiger partial charge in [0.15, 0.2) is 8.68 Å². The Bertz CT molecular complexity index is 872. The first-order valence-corrected chi connectivity index (χ1v) is 11.5. The van der Waals surface area contributed by atoms with Crippen molar-refractivity contribution in [1.82, 2.24) is 20.2 Å². The molecule has 0 aromatic carbocycles. The molecular formula is C15H17N5S4. The number of rotatable bonds is 5. The van der Waals surface area contributed by atoms with Gasteiger partial charge in [0.05, 0.1) is 11.1 Å². The Morgan fingerprint density at radius 2 is 1.83 bits per heavy atom. The Labute approximate surface area is 156 Å². The fourth-order valence-electron chi connectivity index (χ4n) is 2.86. The lowest BCUT2D eigenvalue weighted by Gasteiger charge is -2.10. The summed E-state index contributed by atoms with van der Waals surface area (Å²) in [7, 11) is 0. The smallest absolute Gasteiger partial charge is 0.175 e. The van der Waals surface area contributed by atoms with Crippen LogP contribution in [-0.4, -0.2) is 25.9 Å². The van der Waals surface area contributed by atoms with E-state index in [0.29, 0.717) is 11.6 Å². The van der Waals surface area contributed by atoms with Crippen LogP contribution in [0.4, 0.5) is 5.82 Å². The average Bonchev–Trinajstić information content (AvgIpc) is 3.17. The van der Waals surface area contributed by atoms with Gasteiger partial charge in [-0.1, -0.05) is 41.8 Å². The number of fused-ring (bicyclic) bond motifs is 3. The molecule has 1 aliphatic carbocycles. The van der Waals surface area contributed by atoms with Crippen molar-refractivity contribution in [3.05, 3.63) is 16.3 Å². The van der Waals surface area contributed by atoms with Crippen LogP contribution in [0.3, 0.4) is 0 Å². The van der Waals surface area contributed by atoms with E-state index in [2.05, 4.69) is 22.1 Å². The monoisotopic (exact) mass is 395 g/mol. The minimum absolute atomic E-state index is 0.634. The minimum Gasteiger partial charge on any atom is -0.383 e. The molecule has 0 unspecified atom stereocenters. The van der Waals surface area contributed by atoms with E-state index >= 15 is 0 Å². The largest absolute Gasteiger partial charge is 0.383 e. The van der Waals surface area contributed by atoms with Gasteiger partial charge in [-0.3, -0.25) is 0 Å². The molecule has 0 spiro atoms. The number of nitrogens with two attached hydrogens (primary N) is 1. The lowest BCUT2D eigenvalue weighted by Crippen LogP contribution is -2.02. The van der Waals surface area contributed by atoms with Gasteiger partial charge in [-0.05, 0) is 37.0 Å². The first-order valence-electron chi connectivity index (χ1n) is 7.90. The topological polar surface area (TPSA) is 77.6 Å². The molecule has 9 heteroatoms. The Kier molecular flexibility index (Phi) is 4.93. The Morgan fingerprint density at radius 3 is 2.67 bits per heavy atom. The maximum Gasteiger partial charge on any atom is 0.175 e. The van der Waals surface area contributed by atoms with Crippen molar-refractivity contribution in [1.29, 1.82) is 0 Å². The van der Waals surface area contributed by atoms with E-state index in [-0.39, 0.29) is 0 Å². The van der Waals surface area contributed by atoms with E-state index in [0.717, 1.165) is 43.3 Å². The van der Waals surface area contributed by atoms with Gasteiger partial charge in [-0.15, -0.1) is 21.5 Å². The zero-order valence-corrected chi connectivity index (χ0v) is 16.5. The van der Waals surface area contributed by atoms with Crippen LogP contribution in [-0.2, 0) is 18.6 Å². The number of thioether (sulfide) groups is 2. The van der Waals surface area contributed by atoms with E-state index in [4.69, 9.17) is 10.7 Å². The molecule has 3 aromatic rings. The van der Waals surface area contributed by atoms with Gasteiger partial charge < -0.3 is 5.73 Å². The zero-order valence-electron chi connectivity index (χ0n) is 13.2. The second-order valence-corrected chi connectivity index (χ2v) is 10.3. The van der Waals surface area contributed by atoms with Crippen LogP contribution in [0.2, 0.25) is 0 Å². The summed E-state index contributed by atoms with van der Waals surface area (Å²) in [6, 6.07) is 0. The van der Waals surface area contributed by atoms with Crippen LogP contribution in [0.25, 0.3) is 10.2 Å². The van der Waals surface area contributed by atoms with Crippen LogP contribution in [0.15, 0.2) is 8.68 Å². The summed E-state index contributed by atoms with van der Waals surface area (Å²) < 4.78 is 1.97. The highest BCUT2D eigenvalue weighted by molar-refractivity contribution is 8.02. The lowest BCUT2D eigenvalue weighted by atomic mass is 9.97. The molecule has 0 radical (unpaired) electrons. The van der Waals surface area contributed by atoms with E-state index in [1.165, 1.54) is 23.3 Å². The fraction of sp³-hybridized carbons (Fsp3) is 0.467. The summed E-state index contributed by atoms with van der Waals surface area (Å²) in [5.41, 5.74) is 7.65. The van der Waals surface area contributed by atoms with Crippen molar-refractivity contribution in [2.75, 3.05) is 11.5 Å². The number of nitrogens with zero attached hydrogens (tertiary/aromatic N) is 4. The highest BCUT2D eigenvalue weighted by atomic mass is 32.2. The molecule has 1 aliphatic rings. The van der Waals surface area contributed by atoms with E-state index in [1.54, 1.807) is 46.2 Å². The SMILES string of the molecule is CCSc1nnc(SCc2nc(N)c3c4c(sc3n2)CCCC4)s1. The molecule has 0 fully saturated rings. The van der Waals surface area contributed by atoms with Gasteiger partial charge in [0.1, 0.15) is 16.5 Å². The predicted octanol–water partition coefficient (Wildman–Crippen LogP) is 4.41. The highest BCUT2D eigenvalue weighted by Crippen LogP contribution is 2.38. The molecule has 0 saturated carbocycles.